The second kappa shape index (κ2) is 5.31. The first-order valence-corrected chi connectivity index (χ1v) is 5.51. The fourth-order valence-electron chi connectivity index (χ4n) is 1.58. The number of carbonyl (C=O) groups is 1. The Morgan fingerprint density at radius 3 is 2.95 bits per heavy atom. The monoisotopic (exact) mass is 259 g/mol. The molecule has 0 radical (unpaired) electrons. The quantitative estimate of drug-likeness (QED) is 0.673. The number of halogens is 1. The van der Waals surface area contributed by atoms with Crippen molar-refractivity contribution in [1.29, 1.82) is 0 Å². The van der Waals surface area contributed by atoms with Gasteiger partial charge in [0.05, 0.1) is 6.61 Å². The highest BCUT2D eigenvalue weighted by Gasteiger charge is 2.19. The molecule has 0 saturated heterocycles. The van der Waals surface area contributed by atoms with E-state index >= 15 is 0 Å². The molecule has 0 atom stereocenters. The van der Waals surface area contributed by atoms with E-state index < -0.39 is 11.8 Å². The highest BCUT2D eigenvalue weighted by atomic mass is 19.1. The summed E-state index contributed by atoms with van der Waals surface area (Å²) in [7, 11) is 0. The molecule has 19 heavy (non-hydrogen) atoms. The Balaban J connectivity index is 2.49. The first-order valence-electron chi connectivity index (χ1n) is 5.51. The number of nitrogens with zero attached hydrogens (tertiary/aromatic N) is 2. The van der Waals surface area contributed by atoms with Crippen LogP contribution in [-0.2, 0) is 4.74 Å². The zero-order valence-corrected chi connectivity index (χ0v) is 10.1. The van der Waals surface area contributed by atoms with E-state index in [1.807, 2.05) is 0 Å². The number of carbonyl (C=O) groups excluding carboxylic acids is 1. The molecule has 1 heterocycles. The largest absolute Gasteiger partial charge is 0.461 e. The maximum absolute atomic E-state index is 13.4. The van der Waals surface area contributed by atoms with Gasteiger partial charge in [0.1, 0.15) is 11.5 Å². The summed E-state index contributed by atoms with van der Waals surface area (Å²) in [5.74, 6) is 1.19. The summed E-state index contributed by atoms with van der Waals surface area (Å²) >= 11 is 0. The van der Waals surface area contributed by atoms with Gasteiger partial charge in [-0.15, -0.1) is 11.5 Å². The van der Waals surface area contributed by atoms with Crippen LogP contribution in [-0.4, -0.2) is 28.0 Å². The Morgan fingerprint density at radius 2 is 2.26 bits per heavy atom. The number of aromatic nitrogens is 3. The normalized spacial score (nSPS) is 9.95. The van der Waals surface area contributed by atoms with E-state index in [1.165, 1.54) is 12.1 Å². The topological polar surface area (TPSA) is 67.9 Å². The van der Waals surface area contributed by atoms with Gasteiger partial charge in [0.25, 0.3) is 0 Å². The Labute approximate surface area is 108 Å². The number of aromatic amines is 1. The third-order valence-electron chi connectivity index (χ3n) is 2.35. The first-order chi connectivity index (χ1) is 9.15. The summed E-state index contributed by atoms with van der Waals surface area (Å²) in [6.45, 7) is 1.89. The second-order valence-electron chi connectivity index (χ2n) is 3.61. The minimum Gasteiger partial charge on any atom is -0.461 e. The van der Waals surface area contributed by atoms with Gasteiger partial charge in [-0.1, -0.05) is 5.92 Å². The highest BCUT2D eigenvalue weighted by Crippen LogP contribution is 2.22. The lowest BCUT2D eigenvalue weighted by Crippen LogP contribution is -2.06. The molecule has 0 amide bonds. The molecule has 2 aromatic rings. The Bertz CT molecular complexity index is 658. The van der Waals surface area contributed by atoms with Gasteiger partial charge in [-0.2, -0.15) is 10.3 Å². The molecular formula is C13H10FN3O2. The number of benzene rings is 1. The lowest BCUT2D eigenvalue weighted by atomic mass is 10.1. The van der Waals surface area contributed by atoms with Crippen molar-refractivity contribution in [2.45, 2.75) is 6.92 Å². The number of hydrogen-bond donors (Lipinski definition) is 1. The minimum absolute atomic E-state index is 0.00424. The summed E-state index contributed by atoms with van der Waals surface area (Å²) in [6.07, 6.45) is 5.23. The van der Waals surface area contributed by atoms with E-state index in [1.54, 1.807) is 13.0 Å². The first kappa shape index (κ1) is 12.8. The van der Waals surface area contributed by atoms with Gasteiger partial charge in [-0.25, -0.2) is 9.18 Å². The number of rotatable bonds is 3. The molecule has 0 saturated carbocycles. The van der Waals surface area contributed by atoms with Gasteiger partial charge in [0, 0.05) is 11.1 Å². The van der Waals surface area contributed by atoms with Crippen LogP contribution in [0.3, 0.4) is 0 Å². The van der Waals surface area contributed by atoms with Gasteiger partial charge >= 0.3 is 5.97 Å². The van der Waals surface area contributed by atoms with Crippen LogP contribution in [0.4, 0.5) is 4.39 Å². The van der Waals surface area contributed by atoms with Crippen LogP contribution in [0.25, 0.3) is 11.3 Å². The smallest absolute Gasteiger partial charge is 0.361 e. The molecule has 0 aliphatic heterocycles. The molecule has 1 N–H and O–H groups in total. The predicted octanol–water partition coefficient (Wildman–Crippen LogP) is 1.77. The summed E-state index contributed by atoms with van der Waals surface area (Å²) < 4.78 is 18.3. The van der Waals surface area contributed by atoms with Crippen LogP contribution >= 0.6 is 0 Å². The minimum atomic E-state index is -0.627. The van der Waals surface area contributed by atoms with Crippen molar-refractivity contribution in [2.24, 2.45) is 0 Å². The fourth-order valence-corrected chi connectivity index (χ4v) is 1.58. The molecule has 1 aromatic heterocycles. The van der Waals surface area contributed by atoms with Crippen LogP contribution in [0.1, 0.15) is 23.0 Å². The van der Waals surface area contributed by atoms with Crippen LogP contribution in [0, 0.1) is 18.2 Å². The number of hydrogen-bond acceptors (Lipinski definition) is 4. The molecule has 5 nitrogen and oxygen atoms in total. The van der Waals surface area contributed by atoms with Crippen LogP contribution < -0.4 is 0 Å². The van der Waals surface area contributed by atoms with Gasteiger partial charge in [0.15, 0.2) is 5.69 Å². The average Bonchev–Trinajstić information content (AvgIpc) is 2.87. The van der Waals surface area contributed by atoms with Crippen LogP contribution in [0.5, 0.6) is 0 Å². The van der Waals surface area contributed by atoms with Gasteiger partial charge in [0.2, 0.25) is 0 Å². The molecule has 0 unspecified atom stereocenters. The predicted molar refractivity (Wildman–Crippen MR) is 65.7 cm³/mol. The van der Waals surface area contributed by atoms with Crippen LogP contribution in [0.2, 0.25) is 0 Å². The fraction of sp³-hybridized carbons (Fsp3) is 0.154. The van der Waals surface area contributed by atoms with Gasteiger partial charge in [-0.3, -0.25) is 0 Å². The zero-order chi connectivity index (χ0) is 13.8. The molecule has 96 valence electrons. The Morgan fingerprint density at radius 1 is 1.47 bits per heavy atom. The standard InChI is InChI=1S/C13H10FN3O2/c1-3-8-5-9(7-10(14)6-8)11-12(16-17-15-11)13(18)19-4-2/h1,5-7H,4H2,2H3,(H,15,16,17). The van der Waals surface area contributed by atoms with E-state index in [0.717, 1.165) is 0 Å². The summed E-state index contributed by atoms with van der Waals surface area (Å²) in [5, 5.41) is 9.86. The van der Waals surface area contributed by atoms with Crippen molar-refractivity contribution in [2.75, 3.05) is 6.61 Å². The van der Waals surface area contributed by atoms with E-state index in [-0.39, 0.29) is 18.0 Å². The number of H-pyrrole nitrogens is 1. The molecule has 0 bridgehead atoms. The lowest BCUT2D eigenvalue weighted by molar-refractivity contribution is 0.0520. The Kier molecular flexibility index (Phi) is 3.57. The molecule has 2 rings (SSSR count). The zero-order valence-electron chi connectivity index (χ0n) is 10.1. The molecule has 0 aliphatic rings. The third-order valence-corrected chi connectivity index (χ3v) is 2.35. The molecule has 0 fully saturated rings. The highest BCUT2D eigenvalue weighted by molar-refractivity contribution is 5.93. The summed E-state index contributed by atoms with van der Waals surface area (Å²) in [6, 6.07) is 3.98. The van der Waals surface area contributed by atoms with Crippen molar-refractivity contribution in [3.05, 3.63) is 35.3 Å². The van der Waals surface area contributed by atoms with Crippen molar-refractivity contribution in [1.82, 2.24) is 15.4 Å². The van der Waals surface area contributed by atoms with Crippen molar-refractivity contribution >= 4 is 5.97 Å². The number of ether oxygens (including phenoxy) is 1. The molecule has 0 aliphatic carbocycles. The SMILES string of the molecule is C#Cc1cc(F)cc(-c2n[nH]nc2C(=O)OCC)c1. The van der Waals surface area contributed by atoms with Crippen molar-refractivity contribution in [3.8, 4) is 23.6 Å². The van der Waals surface area contributed by atoms with E-state index in [4.69, 9.17) is 11.2 Å². The van der Waals surface area contributed by atoms with Gasteiger partial charge in [-0.05, 0) is 25.1 Å². The summed E-state index contributed by atoms with van der Waals surface area (Å²) in [4.78, 5) is 11.7. The molecule has 1 aromatic carbocycles. The summed E-state index contributed by atoms with van der Waals surface area (Å²) in [5.41, 5.74) is 0.919. The third kappa shape index (κ3) is 2.60. The van der Waals surface area contributed by atoms with Crippen molar-refractivity contribution in [3.63, 3.8) is 0 Å². The number of terminal acetylenes is 1. The lowest BCUT2D eigenvalue weighted by Gasteiger charge is -2.02. The number of esters is 1. The van der Waals surface area contributed by atoms with Crippen molar-refractivity contribution < 1.29 is 13.9 Å². The molecule has 6 heteroatoms. The van der Waals surface area contributed by atoms with Crippen LogP contribution in [0.15, 0.2) is 18.2 Å². The van der Waals surface area contributed by atoms with E-state index in [9.17, 15) is 9.18 Å². The maximum atomic E-state index is 13.4. The van der Waals surface area contributed by atoms with E-state index in [2.05, 4.69) is 21.3 Å². The van der Waals surface area contributed by atoms with Gasteiger partial charge < -0.3 is 4.74 Å². The average molecular weight is 259 g/mol. The second-order valence-corrected chi connectivity index (χ2v) is 3.61. The maximum Gasteiger partial charge on any atom is 0.361 e. The Hall–Kier alpha value is -2.68. The molecule has 0 spiro atoms. The number of nitrogens with one attached hydrogen (secondary N) is 1. The molecular weight excluding hydrogens is 249 g/mol. The van der Waals surface area contributed by atoms with E-state index in [0.29, 0.717) is 11.1 Å².